The summed E-state index contributed by atoms with van der Waals surface area (Å²) in [7, 11) is 1.85. The number of nitrogens with zero attached hydrogens (tertiary/aromatic N) is 3. The summed E-state index contributed by atoms with van der Waals surface area (Å²) in [5.74, 6) is -0.0725. The zero-order valence-corrected chi connectivity index (χ0v) is 10.3. The fourth-order valence-electron chi connectivity index (χ4n) is 1.54. The molecule has 0 aliphatic heterocycles. The second-order valence-corrected chi connectivity index (χ2v) is 3.96. The Morgan fingerprint density at radius 3 is 2.50 bits per heavy atom. The Kier molecular flexibility index (Phi) is 3.57. The number of rotatable bonds is 4. The summed E-state index contributed by atoms with van der Waals surface area (Å²) in [5.41, 5.74) is 2.77. The number of nitrogens with one attached hydrogen (secondary N) is 2. The van der Waals surface area contributed by atoms with Gasteiger partial charge in [-0.2, -0.15) is 0 Å². The third-order valence-electron chi connectivity index (χ3n) is 2.49. The molecule has 6 heteroatoms. The van der Waals surface area contributed by atoms with Crippen LogP contribution in [0.15, 0.2) is 30.5 Å². The van der Waals surface area contributed by atoms with Gasteiger partial charge in [-0.1, -0.05) is 5.21 Å². The highest BCUT2D eigenvalue weighted by Gasteiger charge is 2.00. The second kappa shape index (κ2) is 5.31. The smallest absolute Gasteiger partial charge is 0.221 e. The number of aryl methyl sites for hydroxylation is 1. The molecule has 94 valence electrons. The third-order valence-corrected chi connectivity index (χ3v) is 2.49. The number of hydrogen-bond acceptors (Lipinski definition) is 4. The molecule has 2 N–H and O–H groups in total. The fourth-order valence-corrected chi connectivity index (χ4v) is 1.54. The van der Waals surface area contributed by atoms with Crippen LogP contribution < -0.4 is 10.6 Å². The molecule has 0 saturated carbocycles. The van der Waals surface area contributed by atoms with Crippen molar-refractivity contribution in [2.75, 3.05) is 10.6 Å². The normalized spacial score (nSPS) is 10.1. The Balaban J connectivity index is 1.94. The van der Waals surface area contributed by atoms with Crippen LogP contribution in [0, 0.1) is 0 Å². The van der Waals surface area contributed by atoms with Gasteiger partial charge in [-0.15, -0.1) is 5.10 Å². The van der Waals surface area contributed by atoms with Crippen LogP contribution in [0.2, 0.25) is 0 Å². The number of benzene rings is 1. The molecule has 18 heavy (non-hydrogen) atoms. The summed E-state index contributed by atoms with van der Waals surface area (Å²) >= 11 is 0. The summed E-state index contributed by atoms with van der Waals surface area (Å²) in [4.78, 5) is 10.9. The largest absolute Gasteiger partial charge is 0.379 e. The molecule has 0 atom stereocenters. The molecule has 0 fully saturated rings. The highest BCUT2D eigenvalue weighted by atomic mass is 16.1. The van der Waals surface area contributed by atoms with E-state index < -0.39 is 0 Å². The Bertz CT molecular complexity index is 532. The molecule has 0 radical (unpaired) electrons. The summed E-state index contributed by atoms with van der Waals surface area (Å²) < 4.78 is 1.72. The van der Waals surface area contributed by atoms with Crippen LogP contribution >= 0.6 is 0 Å². The topological polar surface area (TPSA) is 71.8 Å². The van der Waals surface area contributed by atoms with Gasteiger partial charge in [-0.25, -0.2) is 0 Å². The highest BCUT2D eigenvalue weighted by Crippen LogP contribution is 2.14. The van der Waals surface area contributed by atoms with Crippen molar-refractivity contribution < 1.29 is 4.79 Å². The van der Waals surface area contributed by atoms with Gasteiger partial charge in [0.2, 0.25) is 5.91 Å². The number of carbonyl (C=O) groups excluding carboxylic acids is 1. The van der Waals surface area contributed by atoms with Crippen molar-refractivity contribution in [2.45, 2.75) is 13.5 Å². The maximum Gasteiger partial charge on any atom is 0.221 e. The van der Waals surface area contributed by atoms with Gasteiger partial charge in [0.15, 0.2) is 0 Å². The average Bonchev–Trinajstić information content (AvgIpc) is 2.73. The van der Waals surface area contributed by atoms with Gasteiger partial charge in [0, 0.05) is 25.3 Å². The monoisotopic (exact) mass is 245 g/mol. The molecule has 1 heterocycles. The first kappa shape index (κ1) is 12.1. The van der Waals surface area contributed by atoms with Crippen LogP contribution in [-0.4, -0.2) is 20.9 Å². The number of carbonyl (C=O) groups is 1. The molecule has 0 aliphatic rings. The first-order valence-electron chi connectivity index (χ1n) is 5.60. The molecular formula is C12H15N5O. The van der Waals surface area contributed by atoms with Gasteiger partial charge in [0.25, 0.3) is 0 Å². The SMILES string of the molecule is CC(=O)Nc1ccc(NCc2cnnn2C)cc1. The van der Waals surface area contributed by atoms with Crippen molar-refractivity contribution in [1.29, 1.82) is 0 Å². The van der Waals surface area contributed by atoms with Gasteiger partial charge in [0.1, 0.15) is 0 Å². The lowest BCUT2D eigenvalue weighted by Gasteiger charge is -2.07. The molecule has 1 aromatic carbocycles. The van der Waals surface area contributed by atoms with Crippen LogP contribution in [-0.2, 0) is 18.4 Å². The molecule has 2 rings (SSSR count). The lowest BCUT2D eigenvalue weighted by atomic mass is 10.2. The Hall–Kier alpha value is -2.37. The van der Waals surface area contributed by atoms with Gasteiger partial charge in [-0.3, -0.25) is 9.48 Å². The summed E-state index contributed by atoms with van der Waals surface area (Å²) in [5, 5.41) is 13.6. The quantitative estimate of drug-likeness (QED) is 0.853. The lowest BCUT2D eigenvalue weighted by molar-refractivity contribution is -0.114. The van der Waals surface area contributed by atoms with E-state index in [-0.39, 0.29) is 5.91 Å². The summed E-state index contributed by atoms with van der Waals surface area (Å²) in [6.07, 6.45) is 1.72. The van der Waals surface area contributed by atoms with E-state index in [0.717, 1.165) is 17.1 Å². The van der Waals surface area contributed by atoms with Gasteiger partial charge in [-0.05, 0) is 24.3 Å². The van der Waals surface area contributed by atoms with Crippen LogP contribution in [0.5, 0.6) is 0 Å². The first-order valence-corrected chi connectivity index (χ1v) is 5.60. The number of amides is 1. The van der Waals surface area contributed by atoms with Crippen molar-refractivity contribution in [3.05, 3.63) is 36.2 Å². The first-order chi connectivity index (χ1) is 8.65. The fraction of sp³-hybridized carbons (Fsp3) is 0.250. The highest BCUT2D eigenvalue weighted by molar-refractivity contribution is 5.88. The van der Waals surface area contributed by atoms with Gasteiger partial charge >= 0.3 is 0 Å². The molecule has 0 unspecified atom stereocenters. The van der Waals surface area contributed by atoms with Crippen LogP contribution in [0.25, 0.3) is 0 Å². The maximum absolute atomic E-state index is 10.9. The van der Waals surface area contributed by atoms with Crippen LogP contribution in [0.3, 0.4) is 0 Å². The number of anilines is 2. The van der Waals surface area contributed by atoms with Crippen molar-refractivity contribution in [3.8, 4) is 0 Å². The van der Waals surface area contributed by atoms with Crippen LogP contribution in [0.4, 0.5) is 11.4 Å². The van der Waals surface area contributed by atoms with Crippen molar-refractivity contribution in [3.63, 3.8) is 0 Å². The Morgan fingerprint density at radius 2 is 1.94 bits per heavy atom. The molecule has 0 spiro atoms. The van der Waals surface area contributed by atoms with E-state index in [2.05, 4.69) is 20.9 Å². The molecule has 2 aromatic rings. The van der Waals surface area contributed by atoms with E-state index in [0.29, 0.717) is 6.54 Å². The van der Waals surface area contributed by atoms with E-state index in [1.54, 1.807) is 10.9 Å². The minimum Gasteiger partial charge on any atom is -0.379 e. The van der Waals surface area contributed by atoms with E-state index in [9.17, 15) is 4.79 Å². The third kappa shape index (κ3) is 3.07. The van der Waals surface area contributed by atoms with Crippen molar-refractivity contribution in [1.82, 2.24) is 15.0 Å². The minimum absolute atomic E-state index is 0.0725. The van der Waals surface area contributed by atoms with Crippen LogP contribution in [0.1, 0.15) is 12.6 Å². The van der Waals surface area contributed by atoms with Gasteiger partial charge in [0.05, 0.1) is 18.4 Å². The molecule has 0 saturated heterocycles. The average molecular weight is 245 g/mol. The standard InChI is InChI=1S/C12H15N5O/c1-9(18)15-11-5-3-10(4-6-11)13-7-12-8-14-16-17(12)2/h3-6,8,13H,7H2,1-2H3,(H,15,18). The van der Waals surface area contributed by atoms with Crippen molar-refractivity contribution in [2.24, 2.45) is 7.05 Å². The summed E-state index contributed by atoms with van der Waals surface area (Å²) in [6, 6.07) is 7.53. The maximum atomic E-state index is 10.9. The Morgan fingerprint density at radius 1 is 1.28 bits per heavy atom. The van der Waals surface area contributed by atoms with E-state index in [1.165, 1.54) is 6.92 Å². The zero-order chi connectivity index (χ0) is 13.0. The minimum atomic E-state index is -0.0725. The Labute approximate surface area is 105 Å². The number of hydrogen-bond donors (Lipinski definition) is 2. The second-order valence-electron chi connectivity index (χ2n) is 3.96. The molecular weight excluding hydrogens is 230 g/mol. The summed E-state index contributed by atoms with van der Waals surface area (Å²) in [6.45, 7) is 2.14. The van der Waals surface area contributed by atoms with Gasteiger partial charge < -0.3 is 10.6 Å². The predicted octanol–water partition coefficient (Wildman–Crippen LogP) is 1.39. The lowest BCUT2D eigenvalue weighted by Crippen LogP contribution is -2.07. The molecule has 0 aliphatic carbocycles. The van der Waals surface area contributed by atoms with E-state index in [1.807, 2.05) is 31.3 Å². The molecule has 1 amide bonds. The molecule has 6 nitrogen and oxygen atoms in total. The molecule has 0 bridgehead atoms. The number of aromatic nitrogens is 3. The molecule has 1 aromatic heterocycles. The zero-order valence-electron chi connectivity index (χ0n) is 10.3. The van der Waals surface area contributed by atoms with E-state index >= 15 is 0 Å². The predicted molar refractivity (Wildman–Crippen MR) is 69.1 cm³/mol. The van der Waals surface area contributed by atoms with E-state index in [4.69, 9.17) is 0 Å². The van der Waals surface area contributed by atoms with Crippen molar-refractivity contribution >= 4 is 17.3 Å².